The van der Waals surface area contributed by atoms with Gasteiger partial charge in [0, 0.05) is 23.3 Å². The van der Waals surface area contributed by atoms with Gasteiger partial charge < -0.3 is 15.8 Å². The predicted octanol–water partition coefficient (Wildman–Crippen LogP) is 3.29. The first kappa shape index (κ1) is 14.2. The second kappa shape index (κ2) is 6.80. The van der Waals surface area contributed by atoms with E-state index in [1.807, 2.05) is 24.3 Å². The molecule has 0 atom stereocenters. The molecule has 0 spiro atoms. The van der Waals surface area contributed by atoms with E-state index in [-0.39, 0.29) is 0 Å². The zero-order valence-corrected chi connectivity index (χ0v) is 11.5. The molecule has 0 aliphatic carbocycles. The van der Waals surface area contributed by atoms with Crippen molar-refractivity contribution in [3.05, 3.63) is 53.1 Å². The van der Waals surface area contributed by atoms with Crippen LogP contribution in [0.15, 0.2) is 42.5 Å². The summed E-state index contributed by atoms with van der Waals surface area (Å²) < 4.78 is 5.46. The van der Waals surface area contributed by atoms with E-state index in [0.29, 0.717) is 29.4 Å². The monoisotopic (exact) mass is 287 g/mol. The average Bonchev–Trinajstić information content (AvgIpc) is 2.47. The normalized spacial score (nSPS) is 9.85. The minimum atomic E-state index is 0.466. The Hall–Kier alpha value is -2.22. The molecule has 0 unspecified atom stereocenters. The van der Waals surface area contributed by atoms with Crippen molar-refractivity contribution in [2.75, 3.05) is 18.5 Å². The zero-order valence-electron chi connectivity index (χ0n) is 10.8. The molecule has 4 nitrogen and oxygen atoms in total. The molecule has 20 heavy (non-hydrogen) atoms. The third kappa shape index (κ3) is 3.64. The third-order valence-corrected chi connectivity index (χ3v) is 2.84. The zero-order chi connectivity index (χ0) is 14.4. The largest absolute Gasteiger partial charge is 0.492 e. The van der Waals surface area contributed by atoms with Gasteiger partial charge in [-0.3, -0.25) is 0 Å². The van der Waals surface area contributed by atoms with Gasteiger partial charge in [-0.25, -0.2) is 0 Å². The lowest BCUT2D eigenvalue weighted by atomic mass is 10.2. The van der Waals surface area contributed by atoms with Crippen LogP contribution >= 0.6 is 11.6 Å². The number of rotatable bonds is 5. The van der Waals surface area contributed by atoms with Crippen LogP contribution in [0.4, 0.5) is 11.4 Å². The Balaban J connectivity index is 2.20. The lowest BCUT2D eigenvalue weighted by Crippen LogP contribution is -2.10. The molecule has 0 amide bonds. The van der Waals surface area contributed by atoms with E-state index in [1.165, 1.54) is 0 Å². The Morgan fingerprint density at radius 3 is 2.85 bits per heavy atom. The summed E-state index contributed by atoms with van der Waals surface area (Å²) in [6.07, 6.45) is 0. The van der Waals surface area contributed by atoms with Crippen LogP contribution in [-0.4, -0.2) is 13.2 Å². The molecule has 0 aliphatic rings. The van der Waals surface area contributed by atoms with Crippen LogP contribution in [0.3, 0.4) is 0 Å². The summed E-state index contributed by atoms with van der Waals surface area (Å²) in [6.45, 7) is 0.932. The standard InChI is InChI=1S/C15H14ClN3O/c16-12-4-5-15(11(8-12)10-18)19-13-2-1-3-14(9-13)20-7-6-17/h1-5,8-9,19H,6-7,17H2. The van der Waals surface area contributed by atoms with E-state index >= 15 is 0 Å². The summed E-state index contributed by atoms with van der Waals surface area (Å²) in [5.41, 5.74) is 7.43. The highest BCUT2D eigenvalue weighted by atomic mass is 35.5. The Morgan fingerprint density at radius 1 is 1.25 bits per heavy atom. The Labute approximate surface area is 122 Å². The van der Waals surface area contributed by atoms with Crippen molar-refractivity contribution in [1.29, 1.82) is 5.26 Å². The molecule has 3 N–H and O–H groups in total. The van der Waals surface area contributed by atoms with E-state index < -0.39 is 0 Å². The first-order valence-corrected chi connectivity index (χ1v) is 6.50. The summed E-state index contributed by atoms with van der Waals surface area (Å²) in [5.74, 6) is 0.730. The van der Waals surface area contributed by atoms with Crippen molar-refractivity contribution < 1.29 is 4.74 Å². The molecule has 102 valence electrons. The lowest BCUT2D eigenvalue weighted by molar-refractivity contribution is 0.328. The molecule has 5 heteroatoms. The molecular formula is C15H14ClN3O. The van der Waals surface area contributed by atoms with Gasteiger partial charge in [0.1, 0.15) is 18.4 Å². The summed E-state index contributed by atoms with van der Waals surface area (Å²) in [7, 11) is 0. The van der Waals surface area contributed by atoms with Crippen LogP contribution in [-0.2, 0) is 0 Å². The van der Waals surface area contributed by atoms with Gasteiger partial charge in [0.2, 0.25) is 0 Å². The highest BCUT2D eigenvalue weighted by Gasteiger charge is 2.04. The van der Waals surface area contributed by atoms with Gasteiger partial charge >= 0.3 is 0 Å². The molecule has 0 radical (unpaired) electrons. The van der Waals surface area contributed by atoms with Crippen LogP contribution in [0, 0.1) is 11.3 Å². The number of hydrogen-bond acceptors (Lipinski definition) is 4. The van der Waals surface area contributed by atoms with Crippen molar-refractivity contribution in [2.45, 2.75) is 0 Å². The minimum Gasteiger partial charge on any atom is -0.492 e. The van der Waals surface area contributed by atoms with Crippen molar-refractivity contribution >= 4 is 23.0 Å². The second-order valence-electron chi connectivity index (χ2n) is 4.09. The first-order chi connectivity index (χ1) is 9.72. The molecule has 2 rings (SSSR count). The van der Waals surface area contributed by atoms with E-state index in [0.717, 1.165) is 11.4 Å². The Bertz CT molecular complexity index is 637. The molecule has 0 bridgehead atoms. The van der Waals surface area contributed by atoms with Crippen molar-refractivity contribution in [3.8, 4) is 11.8 Å². The van der Waals surface area contributed by atoms with Crippen molar-refractivity contribution in [3.63, 3.8) is 0 Å². The van der Waals surface area contributed by atoms with Crippen LogP contribution in [0.5, 0.6) is 5.75 Å². The van der Waals surface area contributed by atoms with Gasteiger partial charge in [-0.15, -0.1) is 0 Å². The van der Waals surface area contributed by atoms with Crippen LogP contribution in [0.2, 0.25) is 5.02 Å². The van der Waals surface area contributed by atoms with Gasteiger partial charge in [0.05, 0.1) is 11.3 Å². The van der Waals surface area contributed by atoms with Gasteiger partial charge in [-0.1, -0.05) is 17.7 Å². The summed E-state index contributed by atoms with van der Waals surface area (Å²) in [4.78, 5) is 0. The number of ether oxygens (including phenoxy) is 1. The molecule has 0 fully saturated rings. The number of nitrogens with zero attached hydrogens (tertiary/aromatic N) is 1. The smallest absolute Gasteiger partial charge is 0.121 e. The van der Waals surface area contributed by atoms with Crippen LogP contribution in [0.1, 0.15) is 5.56 Å². The maximum absolute atomic E-state index is 9.10. The highest BCUT2D eigenvalue weighted by molar-refractivity contribution is 6.30. The number of anilines is 2. The predicted molar refractivity (Wildman–Crippen MR) is 80.4 cm³/mol. The van der Waals surface area contributed by atoms with Crippen LogP contribution in [0.25, 0.3) is 0 Å². The van der Waals surface area contributed by atoms with Crippen LogP contribution < -0.4 is 15.8 Å². The van der Waals surface area contributed by atoms with E-state index in [1.54, 1.807) is 18.2 Å². The molecule has 0 aliphatic heterocycles. The number of halogens is 1. The number of nitriles is 1. The number of benzene rings is 2. The highest BCUT2D eigenvalue weighted by Crippen LogP contribution is 2.25. The Morgan fingerprint density at radius 2 is 2.10 bits per heavy atom. The molecular weight excluding hydrogens is 274 g/mol. The number of nitrogens with one attached hydrogen (secondary N) is 1. The van der Waals surface area contributed by atoms with E-state index in [2.05, 4.69) is 11.4 Å². The second-order valence-corrected chi connectivity index (χ2v) is 4.53. The third-order valence-electron chi connectivity index (χ3n) is 2.60. The maximum atomic E-state index is 9.10. The van der Waals surface area contributed by atoms with Gasteiger partial charge in [-0.05, 0) is 30.3 Å². The molecule has 0 saturated heterocycles. The Kier molecular flexibility index (Phi) is 4.83. The molecule has 2 aromatic rings. The van der Waals surface area contributed by atoms with Gasteiger partial charge in [0.25, 0.3) is 0 Å². The summed E-state index contributed by atoms with van der Waals surface area (Å²) >= 11 is 5.87. The molecule has 0 saturated carbocycles. The fraction of sp³-hybridized carbons (Fsp3) is 0.133. The number of nitrogens with two attached hydrogens (primary N) is 1. The van der Waals surface area contributed by atoms with Gasteiger partial charge in [-0.2, -0.15) is 5.26 Å². The number of hydrogen-bond donors (Lipinski definition) is 2. The van der Waals surface area contributed by atoms with Crippen molar-refractivity contribution in [1.82, 2.24) is 0 Å². The van der Waals surface area contributed by atoms with E-state index in [9.17, 15) is 0 Å². The fourth-order valence-corrected chi connectivity index (χ4v) is 1.89. The summed E-state index contributed by atoms with van der Waals surface area (Å²) in [6, 6.07) is 14.7. The lowest BCUT2D eigenvalue weighted by Gasteiger charge is -2.10. The molecule has 2 aromatic carbocycles. The van der Waals surface area contributed by atoms with Gasteiger partial charge in [0.15, 0.2) is 0 Å². The summed E-state index contributed by atoms with van der Waals surface area (Å²) in [5, 5.41) is 12.8. The maximum Gasteiger partial charge on any atom is 0.121 e. The van der Waals surface area contributed by atoms with Crippen molar-refractivity contribution in [2.24, 2.45) is 5.73 Å². The fourth-order valence-electron chi connectivity index (χ4n) is 1.71. The average molecular weight is 288 g/mol. The first-order valence-electron chi connectivity index (χ1n) is 6.12. The minimum absolute atomic E-state index is 0.466. The SMILES string of the molecule is N#Cc1cc(Cl)ccc1Nc1cccc(OCCN)c1. The molecule has 0 heterocycles. The topological polar surface area (TPSA) is 71.1 Å². The quantitative estimate of drug-likeness (QED) is 0.885. The van der Waals surface area contributed by atoms with E-state index in [4.69, 9.17) is 27.3 Å². The molecule has 0 aromatic heterocycles.